The number of H-pyrrole nitrogens is 1. The fourth-order valence-electron chi connectivity index (χ4n) is 2.50. The number of anilines is 1. The topological polar surface area (TPSA) is 110 Å². The number of hydrogen-bond acceptors (Lipinski definition) is 6. The SMILES string of the molecule is O=S(=O)(Nc1ccc(Oc2ccccc2)cc1)c1ccc(-c2nn[nH]n2)cc1. The van der Waals surface area contributed by atoms with Gasteiger partial charge in [0.25, 0.3) is 10.0 Å². The van der Waals surface area contributed by atoms with Crippen molar-refractivity contribution in [2.24, 2.45) is 0 Å². The smallest absolute Gasteiger partial charge is 0.261 e. The van der Waals surface area contributed by atoms with Gasteiger partial charge in [0.15, 0.2) is 0 Å². The minimum Gasteiger partial charge on any atom is -0.457 e. The minimum atomic E-state index is -3.73. The molecule has 0 saturated heterocycles. The van der Waals surface area contributed by atoms with Crippen molar-refractivity contribution in [3.05, 3.63) is 78.9 Å². The fraction of sp³-hybridized carbons (Fsp3) is 0. The van der Waals surface area contributed by atoms with Gasteiger partial charge in [0.1, 0.15) is 11.5 Å². The first-order chi connectivity index (χ1) is 13.6. The van der Waals surface area contributed by atoms with Crippen LogP contribution in [-0.2, 0) is 10.0 Å². The van der Waals surface area contributed by atoms with Crippen LogP contribution in [0, 0.1) is 0 Å². The molecule has 28 heavy (non-hydrogen) atoms. The summed E-state index contributed by atoms with van der Waals surface area (Å²) in [7, 11) is -3.73. The molecule has 0 aliphatic rings. The van der Waals surface area contributed by atoms with Gasteiger partial charge in [-0.05, 0) is 65.9 Å². The van der Waals surface area contributed by atoms with E-state index in [0.29, 0.717) is 28.6 Å². The Morgan fingerprint density at radius 2 is 1.50 bits per heavy atom. The summed E-state index contributed by atoms with van der Waals surface area (Å²) >= 11 is 0. The number of nitrogens with zero attached hydrogens (tertiary/aromatic N) is 3. The van der Waals surface area contributed by atoms with Crippen molar-refractivity contribution in [3.8, 4) is 22.9 Å². The van der Waals surface area contributed by atoms with E-state index in [1.165, 1.54) is 12.1 Å². The van der Waals surface area contributed by atoms with Crippen LogP contribution in [-0.4, -0.2) is 29.0 Å². The Bertz CT molecular complexity index is 1140. The lowest BCUT2D eigenvalue weighted by Gasteiger charge is -2.10. The molecule has 4 aromatic rings. The fourth-order valence-corrected chi connectivity index (χ4v) is 3.56. The van der Waals surface area contributed by atoms with E-state index in [4.69, 9.17) is 4.74 Å². The van der Waals surface area contributed by atoms with E-state index < -0.39 is 10.0 Å². The van der Waals surface area contributed by atoms with Gasteiger partial charge in [-0.3, -0.25) is 4.72 Å². The van der Waals surface area contributed by atoms with Crippen LogP contribution in [0.25, 0.3) is 11.4 Å². The van der Waals surface area contributed by atoms with Gasteiger partial charge in [-0.25, -0.2) is 8.42 Å². The highest BCUT2D eigenvalue weighted by Crippen LogP contribution is 2.24. The largest absolute Gasteiger partial charge is 0.457 e. The number of ether oxygens (including phenoxy) is 1. The van der Waals surface area contributed by atoms with Gasteiger partial charge in [-0.15, -0.1) is 10.2 Å². The van der Waals surface area contributed by atoms with Gasteiger partial charge < -0.3 is 4.74 Å². The third-order valence-electron chi connectivity index (χ3n) is 3.85. The summed E-state index contributed by atoms with van der Waals surface area (Å²) in [5, 5.41) is 13.6. The molecule has 0 saturated carbocycles. The Morgan fingerprint density at radius 1 is 0.821 bits per heavy atom. The zero-order valence-corrected chi connectivity index (χ0v) is 15.3. The van der Waals surface area contributed by atoms with Crippen molar-refractivity contribution in [2.45, 2.75) is 4.90 Å². The Hall–Kier alpha value is -3.72. The van der Waals surface area contributed by atoms with Crippen LogP contribution in [0.4, 0.5) is 5.69 Å². The number of aromatic nitrogens is 4. The molecule has 9 heteroatoms. The standard InChI is InChI=1S/C19H15N5O3S/c25-28(26,18-12-6-14(7-13-18)19-20-23-24-21-19)22-15-8-10-17(11-9-15)27-16-4-2-1-3-5-16/h1-13,22H,(H,20,21,23,24). The third kappa shape index (κ3) is 3.99. The van der Waals surface area contributed by atoms with Gasteiger partial charge in [0.05, 0.1) is 4.90 Å². The maximum absolute atomic E-state index is 12.6. The van der Waals surface area contributed by atoms with Crippen LogP contribution in [0.5, 0.6) is 11.5 Å². The first-order valence-electron chi connectivity index (χ1n) is 8.30. The summed E-state index contributed by atoms with van der Waals surface area (Å²) in [6.45, 7) is 0. The van der Waals surface area contributed by atoms with Crippen LogP contribution < -0.4 is 9.46 Å². The van der Waals surface area contributed by atoms with Crippen LogP contribution in [0.1, 0.15) is 0 Å². The summed E-state index contributed by atoms with van der Waals surface area (Å²) in [4.78, 5) is 0.129. The molecule has 3 aromatic carbocycles. The van der Waals surface area contributed by atoms with Crippen molar-refractivity contribution in [1.29, 1.82) is 0 Å². The maximum atomic E-state index is 12.6. The van der Waals surface area contributed by atoms with Crippen molar-refractivity contribution in [1.82, 2.24) is 20.6 Å². The Labute approximate surface area is 161 Å². The molecule has 0 radical (unpaired) electrons. The number of nitrogens with one attached hydrogen (secondary N) is 2. The lowest BCUT2D eigenvalue weighted by molar-refractivity contribution is 0.483. The predicted molar refractivity (Wildman–Crippen MR) is 103 cm³/mol. The molecule has 0 bridgehead atoms. The second-order valence-corrected chi connectivity index (χ2v) is 7.49. The van der Waals surface area contributed by atoms with Crippen molar-refractivity contribution < 1.29 is 13.2 Å². The Morgan fingerprint density at radius 3 is 2.14 bits per heavy atom. The van der Waals surface area contributed by atoms with Gasteiger partial charge in [0.2, 0.25) is 5.82 Å². The quantitative estimate of drug-likeness (QED) is 0.519. The predicted octanol–water partition coefficient (Wildman–Crippen LogP) is 3.46. The van der Waals surface area contributed by atoms with Crippen molar-refractivity contribution in [2.75, 3.05) is 4.72 Å². The summed E-state index contributed by atoms with van der Waals surface area (Å²) < 4.78 is 33.4. The van der Waals surface area contributed by atoms with Crippen molar-refractivity contribution >= 4 is 15.7 Å². The van der Waals surface area contributed by atoms with Crippen molar-refractivity contribution in [3.63, 3.8) is 0 Å². The molecule has 0 fully saturated rings. The van der Waals surface area contributed by atoms with E-state index in [0.717, 1.165) is 0 Å². The molecule has 8 nitrogen and oxygen atoms in total. The molecular weight excluding hydrogens is 378 g/mol. The molecule has 0 aliphatic carbocycles. The second kappa shape index (κ2) is 7.49. The molecule has 0 unspecified atom stereocenters. The molecule has 140 valence electrons. The highest BCUT2D eigenvalue weighted by Gasteiger charge is 2.15. The molecule has 0 spiro atoms. The zero-order valence-electron chi connectivity index (χ0n) is 14.5. The average Bonchev–Trinajstić information content (AvgIpc) is 3.25. The number of aromatic amines is 1. The van der Waals surface area contributed by atoms with Gasteiger partial charge >= 0.3 is 0 Å². The van der Waals surface area contributed by atoms with E-state index in [1.807, 2.05) is 30.3 Å². The van der Waals surface area contributed by atoms with E-state index in [9.17, 15) is 8.42 Å². The van der Waals surface area contributed by atoms with Gasteiger partial charge in [0, 0.05) is 11.3 Å². The molecule has 0 atom stereocenters. The molecule has 1 heterocycles. The highest BCUT2D eigenvalue weighted by molar-refractivity contribution is 7.92. The van der Waals surface area contributed by atoms with Gasteiger partial charge in [-0.1, -0.05) is 18.2 Å². The second-order valence-electron chi connectivity index (χ2n) is 5.80. The van der Waals surface area contributed by atoms with Crippen LogP contribution in [0.3, 0.4) is 0 Å². The van der Waals surface area contributed by atoms with E-state index in [2.05, 4.69) is 25.3 Å². The molecule has 4 rings (SSSR count). The lowest BCUT2D eigenvalue weighted by Crippen LogP contribution is -2.12. The molecule has 2 N–H and O–H groups in total. The number of benzene rings is 3. The first kappa shape index (κ1) is 17.7. The highest BCUT2D eigenvalue weighted by atomic mass is 32.2. The number of para-hydroxylation sites is 1. The number of rotatable bonds is 6. The summed E-state index contributed by atoms with van der Waals surface area (Å²) in [5.41, 5.74) is 1.10. The van der Waals surface area contributed by atoms with E-state index in [-0.39, 0.29) is 4.90 Å². The average molecular weight is 393 g/mol. The summed E-state index contributed by atoms with van der Waals surface area (Å²) in [6, 6.07) is 22.2. The van der Waals surface area contributed by atoms with Crippen LogP contribution >= 0.6 is 0 Å². The lowest BCUT2D eigenvalue weighted by atomic mass is 10.2. The zero-order chi connectivity index (χ0) is 19.4. The number of hydrogen-bond donors (Lipinski definition) is 2. The monoisotopic (exact) mass is 393 g/mol. The first-order valence-corrected chi connectivity index (χ1v) is 9.78. The van der Waals surface area contributed by atoms with Crippen LogP contribution in [0.15, 0.2) is 83.8 Å². The number of sulfonamides is 1. The molecule has 0 amide bonds. The molecular formula is C19H15N5O3S. The summed E-state index contributed by atoms with van der Waals surface area (Å²) in [6.07, 6.45) is 0. The maximum Gasteiger partial charge on any atom is 0.261 e. The summed E-state index contributed by atoms with van der Waals surface area (Å²) in [5.74, 6) is 1.71. The third-order valence-corrected chi connectivity index (χ3v) is 5.25. The Kier molecular flexibility index (Phi) is 4.73. The number of tetrazole rings is 1. The van der Waals surface area contributed by atoms with E-state index >= 15 is 0 Å². The Balaban J connectivity index is 1.47. The minimum absolute atomic E-state index is 0.129. The van der Waals surface area contributed by atoms with E-state index in [1.54, 1.807) is 36.4 Å². The van der Waals surface area contributed by atoms with Gasteiger partial charge in [-0.2, -0.15) is 5.21 Å². The normalized spacial score (nSPS) is 11.1. The molecule has 0 aliphatic heterocycles. The molecule has 1 aromatic heterocycles. The van der Waals surface area contributed by atoms with Crippen LogP contribution in [0.2, 0.25) is 0 Å².